The number of hydrogen-bond donors (Lipinski definition) is 4. The maximum atomic E-state index is 13.3. The molecule has 1 aliphatic heterocycles. The minimum absolute atomic E-state index is 0.348. The van der Waals surface area contributed by atoms with Crippen molar-refractivity contribution < 1.29 is 22.3 Å². The number of hydrazine groups is 1. The van der Waals surface area contributed by atoms with E-state index in [1.807, 2.05) is 0 Å². The smallest absolute Gasteiger partial charge is 0.250 e. The highest BCUT2D eigenvalue weighted by Crippen LogP contribution is 2.25. The zero-order valence-corrected chi connectivity index (χ0v) is 17.0. The third kappa shape index (κ3) is 4.66. The molecular formula is C19H23FN4O4S. The second-order valence-electron chi connectivity index (χ2n) is 6.85. The zero-order valence-electron chi connectivity index (χ0n) is 16.2. The Morgan fingerprint density at radius 3 is 2.45 bits per heavy atom. The number of aryl methyl sites for hydroxylation is 1. The molecule has 0 spiro atoms. The first-order valence-corrected chi connectivity index (χ1v) is 10.5. The number of anilines is 2. The van der Waals surface area contributed by atoms with Crippen LogP contribution in [0.4, 0.5) is 15.8 Å². The normalized spacial score (nSPS) is 21.6. The van der Waals surface area contributed by atoms with Crippen LogP contribution >= 0.6 is 0 Å². The van der Waals surface area contributed by atoms with Crippen molar-refractivity contribution in [3.63, 3.8) is 0 Å². The van der Waals surface area contributed by atoms with Crippen molar-refractivity contribution >= 4 is 27.3 Å². The molecule has 156 valence electrons. The Balaban J connectivity index is 1.79. The molecule has 2 aromatic rings. The van der Waals surface area contributed by atoms with Crippen LogP contribution in [0.25, 0.3) is 0 Å². The fourth-order valence-electron chi connectivity index (χ4n) is 3.16. The lowest BCUT2D eigenvalue weighted by Crippen LogP contribution is -2.45. The van der Waals surface area contributed by atoms with E-state index >= 15 is 0 Å². The van der Waals surface area contributed by atoms with Gasteiger partial charge in [-0.15, -0.1) is 0 Å². The Hall–Kier alpha value is -2.69. The van der Waals surface area contributed by atoms with Crippen LogP contribution in [-0.4, -0.2) is 32.9 Å². The summed E-state index contributed by atoms with van der Waals surface area (Å²) in [5.41, 5.74) is 6.81. The van der Waals surface area contributed by atoms with Gasteiger partial charge < -0.3 is 10.1 Å². The number of benzene rings is 2. The lowest BCUT2D eigenvalue weighted by atomic mass is 10.0. The number of sulfonamides is 1. The highest BCUT2D eigenvalue weighted by atomic mass is 32.2. The van der Waals surface area contributed by atoms with Crippen LogP contribution in [0.3, 0.4) is 0 Å². The average Bonchev–Trinajstić information content (AvgIpc) is 3.07. The second-order valence-corrected chi connectivity index (χ2v) is 8.65. The molecular weight excluding hydrogens is 399 g/mol. The van der Waals surface area contributed by atoms with Crippen LogP contribution in [-0.2, 0) is 14.8 Å². The Labute approximate surface area is 168 Å². The Bertz CT molecular complexity index is 998. The number of hydrogen-bond acceptors (Lipinski definition) is 6. The summed E-state index contributed by atoms with van der Waals surface area (Å²) in [6, 6.07) is 9.92. The first-order valence-electron chi connectivity index (χ1n) is 8.95. The van der Waals surface area contributed by atoms with Gasteiger partial charge in [0, 0.05) is 17.4 Å². The van der Waals surface area contributed by atoms with Gasteiger partial charge in [0.2, 0.25) is 5.91 Å². The van der Waals surface area contributed by atoms with Gasteiger partial charge in [0.1, 0.15) is 11.6 Å². The molecule has 0 aromatic heterocycles. The SMILES string of the molecule is COc1ccc(NS(=O)(=O)C2NNC(C)C2C(=O)Nc2ccc(F)cc2C)cc1. The van der Waals surface area contributed by atoms with E-state index in [0.717, 1.165) is 0 Å². The summed E-state index contributed by atoms with van der Waals surface area (Å²) >= 11 is 0. The van der Waals surface area contributed by atoms with Gasteiger partial charge >= 0.3 is 0 Å². The molecule has 0 aliphatic carbocycles. The van der Waals surface area contributed by atoms with Gasteiger partial charge in [-0.25, -0.2) is 18.2 Å². The Morgan fingerprint density at radius 1 is 1.14 bits per heavy atom. The molecule has 1 saturated heterocycles. The van der Waals surface area contributed by atoms with E-state index in [1.54, 1.807) is 38.1 Å². The average molecular weight is 422 g/mol. The molecule has 0 bridgehead atoms. The first kappa shape index (κ1) is 21.0. The molecule has 0 saturated carbocycles. The number of rotatable bonds is 6. The quantitative estimate of drug-likeness (QED) is 0.567. The van der Waals surface area contributed by atoms with Crippen molar-refractivity contribution in [3.8, 4) is 5.75 Å². The fourth-order valence-corrected chi connectivity index (χ4v) is 4.72. The highest BCUT2D eigenvalue weighted by molar-refractivity contribution is 7.93. The number of halogens is 1. The summed E-state index contributed by atoms with van der Waals surface area (Å²) in [6.45, 7) is 3.37. The Kier molecular flexibility index (Phi) is 6.06. The maximum Gasteiger partial charge on any atom is 0.250 e. The van der Waals surface area contributed by atoms with Crippen molar-refractivity contribution in [2.24, 2.45) is 5.92 Å². The predicted molar refractivity (Wildman–Crippen MR) is 108 cm³/mol. The molecule has 8 nitrogen and oxygen atoms in total. The monoisotopic (exact) mass is 422 g/mol. The Morgan fingerprint density at radius 2 is 1.83 bits per heavy atom. The maximum absolute atomic E-state index is 13.3. The van der Waals surface area contributed by atoms with Crippen molar-refractivity contribution in [1.29, 1.82) is 0 Å². The van der Waals surface area contributed by atoms with E-state index in [4.69, 9.17) is 4.74 Å². The molecule has 3 atom stereocenters. The molecule has 1 heterocycles. The van der Waals surface area contributed by atoms with Crippen molar-refractivity contribution in [2.45, 2.75) is 25.3 Å². The van der Waals surface area contributed by atoms with Crippen LogP contribution in [0.2, 0.25) is 0 Å². The largest absolute Gasteiger partial charge is 0.497 e. The van der Waals surface area contributed by atoms with Gasteiger partial charge in [-0.05, 0) is 61.9 Å². The summed E-state index contributed by atoms with van der Waals surface area (Å²) in [4.78, 5) is 12.9. The van der Waals surface area contributed by atoms with Gasteiger partial charge in [-0.2, -0.15) is 0 Å². The number of carbonyl (C=O) groups is 1. The van der Waals surface area contributed by atoms with Crippen LogP contribution < -0.4 is 25.6 Å². The van der Waals surface area contributed by atoms with Crippen molar-refractivity contribution in [1.82, 2.24) is 10.9 Å². The minimum atomic E-state index is -3.95. The summed E-state index contributed by atoms with van der Waals surface area (Å²) in [7, 11) is -2.44. The number of methoxy groups -OCH3 is 1. The van der Waals surface area contributed by atoms with Crippen LogP contribution in [0.15, 0.2) is 42.5 Å². The van der Waals surface area contributed by atoms with E-state index in [-0.39, 0.29) is 0 Å². The molecule has 29 heavy (non-hydrogen) atoms. The van der Waals surface area contributed by atoms with Gasteiger partial charge in [0.15, 0.2) is 5.37 Å². The molecule has 1 amide bonds. The van der Waals surface area contributed by atoms with Gasteiger partial charge in [0.05, 0.1) is 13.0 Å². The van der Waals surface area contributed by atoms with Crippen LogP contribution in [0, 0.1) is 18.7 Å². The number of nitrogens with one attached hydrogen (secondary N) is 4. The van der Waals surface area contributed by atoms with Gasteiger partial charge in [0.25, 0.3) is 10.0 Å². The van der Waals surface area contributed by atoms with E-state index < -0.39 is 39.1 Å². The van der Waals surface area contributed by atoms with E-state index in [2.05, 4.69) is 20.9 Å². The molecule has 1 fully saturated rings. The first-order chi connectivity index (χ1) is 13.7. The number of amides is 1. The van der Waals surface area contributed by atoms with Crippen molar-refractivity contribution in [2.75, 3.05) is 17.1 Å². The third-order valence-corrected chi connectivity index (χ3v) is 6.35. The minimum Gasteiger partial charge on any atom is -0.497 e. The van der Waals surface area contributed by atoms with Gasteiger partial charge in [-0.1, -0.05) is 0 Å². The molecule has 10 heteroatoms. The van der Waals surface area contributed by atoms with E-state index in [9.17, 15) is 17.6 Å². The standard InChI is InChI=1S/C19H23FN4O4S/c1-11-10-13(20)4-9-16(11)21-18(25)17-12(2)22-23-19(17)29(26,27)24-14-5-7-15(28-3)8-6-14/h4-10,12,17,19,22-24H,1-3H3,(H,21,25). The lowest BCUT2D eigenvalue weighted by Gasteiger charge is -2.22. The molecule has 3 unspecified atom stereocenters. The third-order valence-electron chi connectivity index (χ3n) is 4.75. The molecule has 1 aliphatic rings. The zero-order chi connectivity index (χ0) is 21.2. The molecule has 0 radical (unpaired) electrons. The van der Waals surface area contributed by atoms with Crippen LogP contribution in [0.1, 0.15) is 12.5 Å². The van der Waals surface area contributed by atoms with E-state index in [0.29, 0.717) is 22.7 Å². The molecule has 2 aromatic carbocycles. The molecule has 4 N–H and O–H groups in total. The summed E-state index contributed by atoms with van der Waals surface area (Å²) in [5.74, 6) is -1.23. The number of ether oxygens (including phenoxy) is 1. The highest BCUT2D eigenvalue weighted by Gasteiger charge is 2.46. The topological polar surface area (TPSA) is 109 Å². The van der Waals surface area contributed by atoms with Gasteiger partial charge in [-0.3, -0.25) is 14.9 Å². The van der Waals surface area contributed by atoms with Crippen molar-refractivity contribution in [3.05, 3.63) is 53.8 Å². The lowest BCUT2D eigenvalue weighted by molar-refractivity contribution is -0.119. The predicted octanol–water partition coefficient (Wildman–Crippen LogP) is 1.96. The fraction of sp³-hybridized carbons (Fsp3) is 0.316. The summed E-state index contributed by atoms with van der Waals surface area (Å²) in [6.07, 6.45) is 0. The second kappa shape index (κ2) is 8.36. The van der Waals surface area contributed by atoms with E-state index in [1.165, 1.54) is 25.3 Å². The summed E-state index contributed by atoms with van der Waals surface area (Å²) < 4.78 is 46.6. The van der Waals surface area contributed by atoms with Crippen LogP contribution in [0.5, 0.6) is 5.75 Å². The number of carbonyl (C=O) groups excluding carboxylic acids is 1. The summed E-state index contributed by atoms with van der Waals surface area (Å²) in [5, 5.41) is 1.49. The molecule has 3 rings (SSSR count).